The Balaban J connectivity index is 1.28. The van der Waals surface area contributed by atoms with Crippen LogP contribution in [0.2, 0.25) is 0 Å². The van der Waals surface area contributed by atoms with Gasteiger partial charge in [0.2, 0.25) is 10.0 Å². The molecule has 30 heavy (non-hydrogen) atoms. The summed E-state index contributed by atoms with van der Waals surface area (Å²) in [6.07, 6.45) is 6.83. The minimum atomic E-state index is -3.45. The second kappa shape index (κ2) is 7.85. The fourth-order valence-electron chi connectivity index (χ4n) is 4.28. The van der Waals surface area contributed by atoms with Crippen LogP contribution in [0.5, 0.6) is 0 Å². The number of likely N-dealkylation sites (tertiary alicyclic amines) is 1. The number of aromatic nitrogens is 2. The molecular weight excluding hydrogens is 404 g/mol. The van der Waals surface area contributed by atoms with Gasteiger partial charge in [0, 0.05) is 36.9 Å². The normalized spacial score (nSPS) is 23.4. The molecule has 4 rings (SSSR count). The molecule has 0 unspecified atom stereocenters. The van der Waals surface area contributed by atoms with Crippen LogP contribution in [-0.2, 0) is 14.8 Å². The lowest BCUT2D eigenvalue weighted by molar-refractivity contribution is 0.0138. The Labute approximate surface area is 177 Å². The summed E-state index contributed by atoms with van der Waals surface area (Å²) in [5.41, 5.74) is 1.58. The lowest BCUT2D eigenvalue weighted by atomic mass is 9.82. The van der Waals surface area contributed by atoms with Gasteiger partial charge >= 0.3 is 6.09 Å². The maximum atomic E-state index is 12.7. The molecule has 0 bridgehead atoms. The smallest absolute Gasteiger partial charge is 0.410 e. The molecule has 1 saturated carbocycles. The average molecular weight is 435 g/mol. The number of H-pyrrole nitrogens is 1. The van der Waals surface area contributed by atoms with Crippen molar-refractivity contribution in [2.24, 2.45) is 0 Å². The number of hydrogen-bond donors (Lipinski definition) is 2. The first kappa shape index (κ1) is 21.1. The first-order valence-corrected chi connectivity index (χ1v) is 12.1. The van der Waals surface area contributed by atoms with Crippen LogP contribution in [0.1, 0.15) is 57.9 Å². The molecule has 1 amide bonds. The molecule has 1 aliphatic heterocycles. The topological polar surface area (TPSA) is 104 Å². The predicted molar refractivity (Wildman–Crippen MR) is 115 cm³/mol. The number of carbonyl (C=O) groups excluding carboxylic acids is 1. The van der Waals surface area contributed by atoms with E-state index in [1.54, 1.807) is 27.0 Å². The largest absolute Gasteiger partial charge is 0.444 e. The molecule has 2 aromatic heterocycles. The van der Waals surface area contributed by atoms with E-state index in [2.05, 4.69) is 20.8 Å². The number of sulfonamides is 1. The lowest BCUT2D eigenvalue weighted by Crippen LogP contribution is -2.61. The third kappa shape index (κ3) is 4.46. The van der Waals surface area contributed by atoms with Gasteiger partial charge in [0.15, 0.2) is 0 Å². The maximum Gasteiger partial charge on any atom is 0.410 e. The van der Waals surface area contributed by atoms with Crippen molar-refractivity contribution < 1.29 is 17.9 Å². The van der Waals surface area contributed by atoms with Gasteiger partial charge in [-0.05, 0) is 70.1 Å². The van der Waals surface area contributed by atoms with Crippen molar-refractivity contribution in [3.05, 3.63) is 30.1 Å². The standard InChI is InChI=1S/C21H30N4O4S/c1-21(2,3)29-20(26)25-12-16(13-25)30(27,28)24-15-8-6-14(7-9-15)18-11-23-19-17(18)5-4-10-22-19/h4-5,10-11,14-16,24H,6-9,12-13H2,1-3H3,(H,22,23)/t14-,15-. The zero-order valence-corrected chi connectivity index (χ0v) is 18.5. The van der Waals surface area contributed by atoms with E-state index in [1.165, 1.54) is 10.5 Å². The first-order chi connectivity index (χ1) is 14.1. The first-order valence-electron chi connectivity index (χ1n) is 10.5. The summed E-state index contributed by atoms with van der Waals surface area (Å²) in [5.74, 6) is 0.412. The van der Waals surface area contributed by atoms with E-state index in [0.717, 1.165) is 36.7 Å². The number of ether oxygens (including phenoxy) is 1. The fourth-order valence-corrected chi connectivity index (χ4v) is 5.92. The molecule has 2 N–H and O–H groups in total. The van der Waals surface area contributed by atoms with Crippen molar-refractivity contribution in [2.45, 2.75) is 69.3 Å². The summed E-state index contributed by atoms with van der Waals surface area (Å²) in [6, 6.07) is 3.97. The van der Waals surface area contributed by atoms with Gasteiger partial charge in [0.25, 0.3) is 0 Å². The van der Waals surface area contributed by atoms with Crippen LogP contribution in [0, 0.1) is 0 Å². The zero-order valence-electron chi connectivity index (χ0n) is 17.7. The number of carbonyl (C=O) groups is 1. The molecule has 1 saturated heterocycles. The molecule has 9 heteroatoms. The molecule has 8 nitrogen and oxygen atoms in total. The molecule has 2 aliphatic rings. The average Bonchev–Trinajstić information content (AvgIpc) is 3.03. The second-order valence-electron chi connectivity index (χ2n) is 9.36. The maximum absolute atomic E-state index is 12.7. The highest BCUT2D eigenvalue weighted by atomic mass is 32.2. The third-order valence-electron chi connectivity index (χ3n) is 5.92. The van der Waals surface area contributed by atoms with Crippen LogP contribution in [0.15, 0.2) is 24.5 Å². The Bertz CT molecular complexity index is 1010. The number of rotatable bonds is 4. The van der Waals surface area contributed by atoms with Gasteiger partial charge in [-0.2, -0.15) is 0 Å². The lowest BCUT2D eigenvalue weighted by Gasteiger charge is -2.40. The summed E-state index contributed by atoms with van der Waals surface area (Å²) in [7, 11) is -3.45. The van der Waals surface area contributed by atoms with Crippen molar-refractivity contribution in [3.8, 4) is 0 Å². The Kier molecular flexibility index (Phi) is 5.52. The van der Waals surface area contributed by atoms with E-state index in [-0.39, 0.29) is 19.1 Å². The molecule has 0 radical (unpaired) electrons. The second-order valence-corrected chi connectivity index (χ2v) is 11.4. The van der Waals surface area contributed by atoms with Gasteiger partial charge in [-0.15, -0.1) is 0 Å². The Hall–Kier alpha value is -2.13. The minimum absolute atomic E-state index is 0.0508. The number of hydrogen-bond acceptors (Lipinski definition) is 5. The van der Waals surface area contributed by atoms with Crippen molar-refractivity contribution in [3.63, 3.8) is 0 Å². The summed E-state index contributed by atoms with van der Waals surface area (Å²) >= 11 is 0. The van der Waals surface area contributed by atoms with Gasteiger partial charge in [0.1, 0.15) is 16.5 Å². The molecule has 2 aromatic rings. The predicted octanol–water partition coefficient (Wildman–Crippen LogP) is 3.13. The molecule has 0 atom stereocenters. The van der Waals surface area contributed by atoms with Crippen LogP contribution in [-0.4, -0.2) is 59.4 Å². The van der Waals surface area contributed by atoms with Gasteiger partial charge in [-0.3, -0.25) is 0 Å². The highest BCUT2D eigenvalue weighted by Gasteiger charge is 2.42. The van der Waals surface area contributed by atoms with Gasteiger partial charge in [-0.1, -0.05) is 0 Å². The summed E-state index contributed by atoms with van der Waals surface area (Å²) in [5, 5.41) is 0.584. The summed E-state index contributed by atoms with van der Waals surface area (Å²) in [4.78, 5) is 21.0. The van der Waals surface area contributed by atoms with E-state index in [4.69, 9.17) is 4.74 Å². The monoisotopic (exact) mass is 434 g/mol. The van der Waals surface area contributed by atoms with Crippen molar-refractivity contribution in [1.82, 2.24) is 19.6 Å². The van der Waals surface area contributed by atoms with Gasteiger partial charge < -0.3 is 14.6 Å². The molecule has 164 valence electrons. The molecule has 1 aliphatic carbocycles. The highest BCUT2D eigenvalue weighted by molar-refractivity contribution is 7.90. The van der Waals surface area contributed by atoms with Crippen LogP contribution >= 0.6 is 0 Å². The number of amides is 1. The summed E-state index contributed by atoms with van der Waals surface area (Å²) in [6.45, 7) is 5.75. The number of aromatic amines is 1. The van der Waals surface area contributed by atoms with Crippen LogP contribution < -0.4 is 4.72 Å². The van der Waals surface area contributed by atoms with Crippen molar-refractivity contribution >= 4 is 27.1 Å². The van der Waals surface area contributed by atoms with Crippen LogP contribution in [0.4, 0.5) is 4.79 Å². The van der Waals surface area contributed by atoms with Crippen molar-refractivity contribution in [1.29, 1.82) is 0 Å². The van der Waals surface area contributed by atoms with E-state index >= 15 is 0 Å². The molecule has 0 spiro atoms. The minimum Gasteiger partial charge on any atom is -0.444 e. The Morgan fingerprint density at radius 3 is 2.60 bits per heavy atom. The third-order valence-corrected chi connectivity index (χ3v) is 7.76. The van der Waals surface area contributed by atoms with Crippen LogP contribution in [0.25, 0.3) is 11.0 Å². The van der Waals surface area contributed by atoms with E-state index < -0.39 is 27.0 Å². The van der Waals surface area contributed by atoms with Crippen LogP contribution in [0.3, 0.4) is 0 Å². The number of nitrogens with one attached hydrogen (secondary N) is 2. The zero-order chi connectivity index (χ0) is 21.5. The quantitative estimate of drug-likeness (QED) is 0.769. The number of pyridine rings is 1. The van der Waals surface area contributed by atoms with Crippen molar-refractivity contribution in [2.75, 3.05) is 13.1 Å². The molecule has 2 fully saturated rings. The number of fused-ring (bicyclic) bond motifs is 1. The molecule has 0 aromatic carbocycles. The molecular formula is C21H30N4O4S. The fraction of sp³-hybridized carbons (Fsp3) is 0.619. The van der Waals surface area contributed by atoms with Gasteiger partial charge in [0.05, 0.1) is 0 Å². The Morgan fingerprint density at radius 1 is 1.23 bits per heavy atom. The van der Waals surface area contributed by atoms with Gasteiger partial charge in [-0.25, -0.2) is 22.9 Å². The van der Waals surface area contributed by atoms with E-state index in [0.29, 0.717) is 5.92 Å². The highest BCUT2D eigenvalue weighted by Crippen LogP contribution is 2.36. The van der Waals surface area contributed by atoms with E-state index in [9.17, 15) is 13.2 Å². The summed E-state index contributed by atoms with van der Waals surface area (Å²) < 4.78 is 33.6. The Morgan fingerprint density at radius 2 is 1.93 bits per heavy atom. The molecule has 3 heterocycles. The SMILES string of the molecule is CC(C)(C)OC(=O)N1CC(S(=O)(=O)N[C@H]2CC[C@H](c3c[nH]c4ncccc43)CC2)C1. The number of nitrogens with zero attached hydrogens (tertiary/aromatic N) is 2. The van der Waals surface area contributed by atoms with E-state index in [1.807, 2.05) is 12.3 Å².